The molecule has 0 amide bonds. The van der Waals surface area contributed by atoms with Crippen molar-refractivity contribution in [3.05, 3.63) is 0 Å². The van der Waals surface area contributed by atoms with Gasteiger partial charge in [0.2, 0.25) is 0 Å². The highest BCUT2D eigenvalue weighted by atomic mass is 32.3. The minimum atomic E-state index is -5.17. The van der Waals surface area contributed by atoms with Crippen molar-refractivity contribution in [3.8, 4) is 0 Å². The molecule has 0 N–H and O–H groups in total. The lowest BCUT2D eigenvalue weighted by Crippen LogP contribution is -2.35. The van der Waals surface area contributed by atoms with Crippen LogP contribution in [0, 0.1) is 0 Å². The van der Waals surface area contributed by atoms with Gasteiger partial charge in [-0.2, -0.15) is 0 Å². The highest BCUT2D eigenvalue weighted by Crippen LogP contribution is 2.17. The van der Waals surface area contributed by atoms with Crippen LogP contribution in [0.25, 0.3) is 0 Å². The van der Waals surface area contributed by atoms with E-state index < -0.39 is 10.4 Å². The van der Waals surface area contributed by atoms with Crippen molar-refractivity contribution in [1.82, 2.24) is 0 Å². The molecule has 0 aliphatic rings. The molecular weight excluding hydrogens is 725 g/mol. The molecule has 0 saturated heterocycles. The number of quaternary nitrogens is 2. The molecule has 0 aromatic heterocycles. The molecule has 7 heteroatoms. The third kappa shape index (κ3) is 77.0. The summed E-state index contributed by atoms with van der Waals surface area (Å²) in [5, 5.41) is 0. The Kier molecular flexibility index (Phi) is 50.2. The van der Waals surface area contributed by atoms with Crippen molar-refractivity contribution in [2.75, 3.05) is 55.4 Å². The van der Waals surface area contributed by atoms with Crippen molar-refractivity contribution in [3.63, 3.8) is 0 Å². The van der Waals surface area contributed by atoms with Crippen LogP contribution in [0.1, 0.15) is 271 Å². The molecule has 0 aromatic carbocycles. The summed E-state index contributed by atoms with van der Waals surface area (Å²) >= 11 is 0. The first-order valence-corrected chi connectivity index (χ1v) is 26.7. The van der Waals surface area contributed by atoms with Crippen LogP contribution in [-0.2, 0) is 10.4 Å². The van der Waals surface area contributed by atoms with Gasteiger partial charge >= 0.3 is 0 Å². The molecule has 6 nitrogen and oxygen atoms in total. The lowest BCUT2D eigenvalue weighted by Gasteiger charge is -2.23. The van der Waals surface area contributed by atoms with Crippen LogP contribution < -0.4 is 0 Å². The van der Waals surface area contributed by atoms with Crippen molar-refractivity contribution >= 4 is 10.4 Å². The SMILES string of the molecule is CCCCCCCCCCCCCCCCCCCCCC[N+](C)(C)C.CCCCCCCCCCCCCCCCCCCCCC[N+](C)(C)C.O=S(=O)([O-])[O-]. The monoisotopic (exact) mass is 833 g/mol. The van der Waals surface area contributed by atoms with Gasteiger partial charge in [0.25, 0.3) is 0 Å². The Morgan fingerprint density at radius 3 is 0.474 bits per heavy atom. The summed E-state index contributed by atoms with van der Waals surface area (Å²) in [6.07, 6.45) is 58.7. The average Bonchev–Trinajstić information content (AvgIpc) is 3.12. The molecule has 0 atom stereocenters. The Morgan fingerprint density at radius 1 is 0.263 bits per heavy atom. The van der Waals surface area contributed by atoms with Crippen molar-refractivity contribution in [1.29, 1.82) is 0 Å². The van der Waals surface area contributed by atoms with Crippen LogP contribution in [0.4, 0.5) is 0 Å². The Balaban J connectivity index is -0.000000913. The largest absolute Gasteiger partial charge is 0.759 e. The lowest BCUT2D eigenvalue weighted by molar-refractivity contribution is -0.870. The normalized spacial score (nSPS) is 12.0. The van der Waals surface area contributed by atoms with Crippen molar-refractivity contribution in [2.45, 2.75) is 271 Å². The topological polar surface area (TPSA) is 80.3 Å². The minimum absolute atomic E-state index is 1.12. The van der Waals surface area contributed by atoms with E-state index in [0.717, 1.165) is 8.97 Å². The second-order valence-corrected chi connectivity index (χ2v) is 20.7. The first kappa shape index (κ1) is 61.1. The van der Waals surface area contributed by atoms with E-state index in [1.165, 1.54) is 270 Å². The molecule has 0 heterocycles. The van der Waals surface area contributed by atoms with Crippen LogP contribution in [0.5, 0.6) is 0 Å². The summed E-state index contributed by atoms with van der Waals surface area (Å²) in [6, 6.07) is 0. The Labute approximate surface area is 361 Å². The molecule has 0 spiro atoms. The zero-order valence-corrected chi connectivity index (χ0v) is 41.5. The third-order valence-corrected chi connectivity index (χ3v) is 11.4. The summed E-state index contributed by atoms with van der Waals surface area (Å²) < 4.78 is 36.3. The zero-order valence-electron chi connectivity index (χ0n) is 40.6. The Morgan fingerprint density at radius 2 is 0.368 bits per heavy atom. The van der Waals surface area contributed by atoms with E-state index in [4.69, 9.17) is 17.5 Å². The Hall–Kier alpha value is -0.210. The molecule has 0 unspecified atom stereocenters. The molecule has 0 aliphatic carbocycles. The number of rotatable bonds is 42. The van der Waals surface area contributed by atoms with Gasteiger partial charge in [0, 0.05) is 10.4 Å². The van der Waals surface area contributed by atoms with E-state index >= 15 is 0 Å². The van der Waals surface area contributed by atoms with Crippen LogP contribution in [-0.4, -0.2) is 81.9 Å². The van der Waals surface area contributed by atoms with E-state index in [1.54, 1.807) is 0 Å². The van der Waals surface area contributed by atoms with Gasteiger partial charge in [-0.05, 0) is 25.7 Å². The van der Waals surface area contributed by atoms with Crippen LogP contribution in [0.2, 0.25) is 0 Å². The predicted molar refractivity (Wildman–Crippen MR) is 252 cm³/mol. The minimum Gasteiger partial charge on any atom is -0.759 e. The molecular formula is C50H108N2O4S. The van der Waals surface area contributed by atoms with Gasteiger partial charge in [-0.15, -0.1) is 0 Å². The van der Waals surface area contributed by atoms with Gasteiger partial charge in [0.05, 0.1) is 55.4 Å². The van der Waals surface area contributed by atoms with E-state index in [2.05, 4.69) is 56.1 Å². The molecule has 0 aromatic rings. The second kappa shape index (κ2) is 46.8. The van der Waals surface area contributed by atoms with E-state index in [-0.39, 0.29) is 0 Å². The van der Waals surface area contributed by atoms with Gasteiger partial charge in [-0.1, -0.05) is 245 Å². The van der Waals surface area contributed by atoms with Crippen LogP contribution in [0.15, 0.2) is 0 Å². The molecule has 0 saturated carbocycles. The molecule has 0 radical (unpaired) electrons. The quantitative estimate of drug-likeness (QED) is 0.0266. The lowest BCUT2D eigenvalue weighted by atomic mass is 10.0. The highest BCUT2D eigenvalue weighted by Gasteiger charge is 2.06. The predicted octanol–water partition coefficient (Wildman–Crippen LogP) is 15.7. The molecule has 348 valence electrons. The molecule has 57 heavy (non-hydrogen) atoms. The maximum atomic E-state index is 8.52. The fraction of sp³-hybridized carbons (Fsp3) is 1.00. The number of unbranched alkanes of at least 4 members (excludes halogenated alkanes) is 38. The van der Waals surface area contributed by atoms with E-state index in [9.17, 15) is 0 Å². The van der Waals surface area contributed by atoms with E-state index in [0.29, 0.717) is 0 Å². The van der Waals surface area contributed by atoms with Gasteiger partial charge in [-0.3, -0.25) is 8.42 Å². The summed E-state index contributed by atoms with van der Waals surface area (Å²) in [5.41, 5.74) is 0. The smallest absolute Gasteiger partial charge is 0.0780 e. The Bertz CT molecular complexity index is 776. The first-order chi connectivity index (χ1) is 27.1. The molecule has 0 aliphatic heterocycles. The van der Waals surface area contributed by atoms with Gasteiger partial charge in [0.15, 0.2) is 0 Å². The van der Waals surface area contributed by atoms with Crippen LogP contribution in [0.3, 0.4) is 0 Å². The van der Waals surface area contributed by atoms with Gasteiger partial charge in [-0.25, -0.2) is 0 Å². The van der Waals surface area contributed by atoms with Crippen molar-refractivity contribution in [2.24, 2.45) is 0 Å². The zero-order chi connectivity index (χ0) is 43.2. The fourth-order valence-electron chi connectivity index (χ4n) is 7.68. The van der Waals surface area contributed by atoms with Crippen LogP contribution >= 0.6 is 0 Å². The summed E-state index contributed by atoms with van der Waals surface area (Å²) in [4.78, 5) is 0. The number of hydrogen-bond acceptors (Lipinski definition) is 4. The number of hydrogen-bond donors (Lipinski definition) is 0. The molecule has 0 fully saturated rings. The van der Waals surface area contributed by atoms with Gasteiger partial charge < -0.3 is 18.1 Å². The summed E-state index contributed by atoms with van der Waals surface area (Å²) in [6.45, 7) is 7.27. The van der Waals surface area contributed by atoms with E-state index in [1.807, 2.05) is 0 Å². The molecule has 0 bridgehead atoms. The summed E-state index contributed by atoms with van der Waals surface area (Å²) in [7, 11) is 8.64. The highest BCUT2D eigenvalue weighted by molar-refractivity contribution is 7.79. The first-order valence-electron chi connectivity index (χ1n) is 25.4. The molecule has 0 rings (SSSR count). The maximum absolute atomic E-state index is 8.52. The fourth-order valence-corrected chi connectivity index (χ4v) is 7.68. The number of nitrogens with zero attached hydrogens (tertiary/aromatic N) is 2. The summed E-state index contributed by atoms with van der Waals surface area (Å²) in [5.74, 6) is 0. The average molecular weight is 833 g/mol. The van der Waals surface area contributed by atoms with Crippen molar-refractivity contribution < 1.29 is 26.5 Å². The van der Waals surface area contributed by atoms with Gasteiger partial charge in [0.1, 0.15) is 0 Å². The standard InChI is InChI=1S/2C25H54N.H2O4S/c2*1-5-6-7-8-9-10-11-12-13-14-15-16-17-18-19-20-21-22-23-24-25-26(2,3)4;1-5(2,3)4/h2*5-25H2,1-4H3;(H2,1,2,3,4)/q2*+1;/p-2. The third-order valence-electron chi connectivity index (χ3n) is 11.4. The maximum Gasteiger partial charge on any atom is 0.0780 e. The second-order valence-electron chi connectivity index (χ2n) is 19.9.